The number of hydrogen-bond acceptors (Lipinski definition) is 6. The lowest BCUT2D eigenvalue weighted by Crippen LogP contribution is -2.30. The fourth-order valence-electron chi connectivity index (χ4n) is 10.0. The lowest BCUT2D eigenvalue weighted by Gasteiger charge is -2.18. The molecule has 0 aliphatic rings. The van der Waals surface area contributed by atoms with E-state index < -0.39 is 6.10 Å². The first kappa shape index (κ1) is 70.9. The fourth-order valence-corrected chi connectivity index (χ4v) is 10.0. The Balaban J connectivity index is 4.17. The summed E-state index contributed by atoms with van der Waals surface area (Å²) in [6.45, 7) is 6.67. The topological polar surface area (TPSA) is 78.9 Å². The third kappa shape index (κ3) is 60.6. The van der Waals surface area contributed by atoms with Crippen LogP contribution in [0.2, 0.25) is 0 Å². The van der Waals surface area contributed by atoms with E-state index in [9.17, 15) is 14.4 Å². The van der Waals surface area contributed by atoms with Gasteiger partial charge in [0.25, 0.3) is 0 Å². The predicted molar refractivity (Wildman–Crippen MR) is 316 cm³/mol. The van der Waals surface area contributed by atoms with E-state index in [1.54, 1.807) is 0 Å². The zero-order valence-electron chi connectivity index (χ0n) is 49.4. The SMILES string of the molecule is CCCCCC/C=C\C/C=C\CCCCCCCC(=O)OC(COC(=O)CCCCCCCCCCCCCC)COC(=O)CCCCCCCCCCCCCCCCCCCCCCCCCCCCC. The molecule has 1 atom stereocenters. The molecular formula is C67H126O6. The number of ether oxygens (including phenoxy) is 3. The van der Waals surface area contributed by atoms with E-state index in [-0.39, 0.29) is 31.1 Å². The normalized spacial score (nSPS) is 12.1. The van der Waals surface area contributed by atoms with Crippen LogP contribution in [0.1, 0.15) is 367 Å². The standard InChI is InChI=1S/C67H126O6/c1-4-7-10-13-16-19-22-25-27-29-30-31-32-33-34-35-36-37-38-39-41-42-45-48-51-54-57-60-66(69)72-63-64(62-71-65(68)59-56-53-50-47-44-24-21-18-15-12-9-6-3)73-67(70)61-58-55-52-49-46-43-40-28-26-23-20-17-14-11-8-5-2/h20,23,28,40,64H,4-19,21-22,24-27,29-39,41-63H2,1-3H3/b23-20-,40-28-. The van der Waals surface area contributed by atoms with Crippen LogP contribution in [0.25, 0.3) is 0 Å². The van der Waals surface area contributed by atoms with Crippen LogP contribution in [0.15, 0.2) is 24.3 Å². The summed E-state index contributed by atoms with van der Waals surface area (Å²) >= 11 is 0. The highest BCUT2D eigenvalue weighted by molar-refractivity contribution is 5.71. The number of carbonyl (C=O) groups excluding carboxylic acids is 3. The largest absolute Gasteiger partial charge is 0.462 e. The van der Waals surface area contributed by atoms with Gasteiger partial charge in [-0.25, -0.2) is 0 Å². The van der Waals surface area contributed by atoms with Crippen molar-refractivity contribution in [1.29, 1.82) is 0 Å². The molecule has 0 spiro atoms. The van der Waals surface area contributed by atoms with Gasteiger partial charge in [0.05, 0.1) is 0 Å². The molecule has 0 amide bonds. The van der Waals surface area contributed by atoms with Gasteiger partial charge in [-0.1, -0.05) is 321 Å². The van der Waals surface area contributed by atoms with E-state index in [0.29, 0.717) is 19.3 Å². The summed E-state index contributed by atoms with van der Waals surface area (Å²) in [5.74, 6) is -0.859. The Labute approximate surface area is 455 Å². The molecule has 1 unspecified atom stereocenters. The van der Waals surface area contributed by atoms with Crippen LogP contribution in [0.5, 0.6) is 0 Å². The molecule has 0 radical (unpaired) electrons. The van der Waals surface area contributed by atoms with Crippen molar-refractivity contribution in [3.8, 4) is 0 Å². The van der Waals surface area contributed by atoms with Crippen molar-refractivity contribution in [1.82, 2.24) is 0 Å². The molecule has 0 aliphatic carbocycles. The van der Waals surface area contributed by atoms with E-state index >= 15 is 0 Å². The van der Waals surface area contributed by atoms with Crippen molar-refractivity contribution in [2.24, 2.45) is 0 Å². The number of allylic oxidation sites excluding steroid dienone is 4. The number of esters is 3. The molecule has 6 nitrogen and oxygen atoms in total. The summed E-state index contributed by atoms with van der Waals surface area (Å²) in [4.78, 5) is 38.2. The minimum absolute atomic E-state index is 0.0712. The van der Waals surface area contributed by atoms with Gasteiger partial charge >= 0.3 is 17.9 Å². The molecule has 0 aliphatic heterocycles. The Bertz CT molecular complexity index is 1180. The Morgan fingerprint density at radius 2 is 0.493 bits per heavy atom. The lowest BCUT2D eigenvalue weighted by molar-refractivity contribution is -0.167. The van der Waals surface area contributed by atoms with Gasteiger partial charge < -0.3 is 14.2 Å². The molecule has 0 saturated carbocycles. The second-order valence-corrected chi connectivity index (χ2v) is 22.4. The Morgan fingerprint density at radius 3 is 0.767 bits per heavy atom. The maximum Gasteiger partial charge on any atom is 0.306 e. The van der Waals surface area contributed by atoms with Gasteiger partial charge in [0.1, 0.15) is 13.2 Å². The average molecular weight is 1030 g/mol. The van der Waals surface area contributed by atoms with Crippen LogP contribution >= 0.6 is 0 Å². The van der Waals surface area contributed by atoms with Gasteiger partial charge in [0, 0.05) is 19.3 Å². The van der Waals surface area contributed by atoms with E-state index in [0.717, 1.165) is 77.0 Å². The summed E-state index contributed by atoms with van der Waals surface area (Å²) in [5, 5.41) is 0. The van der Waals surface area contributed by atoms with Crippen LogP contribution in [-0.2, 0) is 28.6 Å². The van der Waals surface area contributed by atoms with Gasteiger partial charge in [-0.15, -0.1) is 0 Å². The second-order valence-electron chi connectivity index (χ2n) is 22.4. The Morgan fingerprint density at radius 1 is 0.274 bits per heavy atom. The van der Waals surface area contributed by atoms with E-state index in [2.05, 4.69) is 45.1 Å². The van der Waals surface area contributed by atoms with Gasteiger partial charge in [-0.05, 0) is 51.4 Å². The van der Waals surface area contributed by atoms with E-state index in [4.69, 9.17) is 14.2 Å². The molecule has 6 heteroatoms. The van der Waals surface area contributed by atoms with Crippen LogP contribution in [0, 0.1) is 0 Å². The fraction of sp³-hybridized carbons (Fsp3) is 0.896. The van der Waals surface area contributed by atoms with Crippen molar-refractivity contribution in [2.45, 2.75) is 374 Å². The minimum atomic E-state index is -0.774. The smallest absolute Gasteiger partial charge is 0.306 e. The van der Waals surface area contributed by atoms with Crippen molar-refractivity contribution >= 4 is 17.9 Å². The van der Waals surface area contributed by atoms with Crippen molar-refractivity contribution in [3.05, 3.63) is 24.3 Å². The molecule has 0 aromatic heterocycles. The predicted octanol–water partition coefficient (Wildman–Crippen LogP) is 22.2. The van der Waals surface area contributed by atoms with Crippen LogP contribution in [0.3, 0.4) is 0 Å². The van der Waals surface area contributed by atoms with E-state index in [1.165, 1.54) is 250 Å². The summed E-state index contributed by atoms with van der Waals surface area (Å²) in [6, 6.07) is 0. The number of unbranched alkanes of at least 4 members (excludes halogenated alkanes) is 46. The Hall–Kier alpha value is -2.11. The molecule has 0 fully saturated rings. The van der Waals surface area contributed by atoms with Gasteiger partial charge in [-0.2, -0.15) is 0 Å². The maximum absolute atomic E-state index is 12.9. The molecule has 73 heavy (non-hydrogen) atoms. The van der Waals surface area contributed by atoms with Gasteiger partial charge in [-0.3, -0.25) is 14.4 Å². The molecule has 0 heterocycles. The highest BCUT2D eigenvalue weighted by Crippen LogP contribution is 2.18. The summed E-state index contributed by atoms with van der Waals surface area (Å²) in [7, 11) is 0. The molecule has 0 rings (SSSR count). The molecule has 0 aromatic rings. The highest BCUT2D eigenvalue weighted by atomic mass is 16.6. The van der Waals surface area contributed by atoms with Crippen LogP contribution in [-0.4, -0.2) is 37.2 Å². The highest BCUT2D eigenvalue weighted by Gasteiger charge is 2.19. The zero-order chi connectivity index (χ0) is 52.9. The Kier molecular flexibility index (Phi) is 60.6. The summed E-state index contributed by atoms with van der Waals surface area (Å²) < 4.78 is 16.9. The number of hydrogen-bond donors (Lipinski definition) is 0. The zero-order valence-corrected chi connectivity index (χ0v) is 49.4. The number of rotatable bonds is 61. The van der Waals surface area contributed by atoms with Crippen LogP contribution < -0.4 is 0 Å². The molecule has 0 saturated heterocycles. The monoisotopic (exact) mass is 1030 g/mol. The number of carbonyl (C=O) groups is 3. The first-order chi connectivity index (χ1) is 36.0. The first-order valence-corrected chi connectivity index (χ1v) is 32.8. The van der Waals surface area contributed by atoms with Crippen molar-refractivity contribution < 1.29 is 28.6 Å². The molecular weight excluding hydrogens is 901 g/mol. The van der Waals surface area contributed by atoms with Crippen molar-refractivity contribution in [3.63, 3.8) is 0 Å². The molecule has 0 bridgehead atoms. The first-order valence-electron chi connectivity index (χ1n) is 32.8. The molecule has 0 N–H and O–H groups in total. The van der Waals surface area contributed by atoms with Crippen LogP contribution in [0.4, 0.5) is 0 Å². The third-order valence-corrected chi connectivity index (χ3v) is 15.0. The molecule has 0 aromatic carbocycles. The maximum atomic E-state index is 12.9. The quantitative estimate of drug-likeness (QED) is 0.0261. The van der Waals surface area contributed by atoms with E-state index in [1.807, 2.05) is 0 Å². The van der Waals surface area contributed by atoms with Gasteiger partial charge in [0.15, 0.2) is 6.10 Å². The average Bonchev–Trinajstić information content (AvgIpc) is 3.39. The van der Waals surface area contributed by atoms with Crippen molar-refractivity contribution in [2.75, 3.05) is 13.2 Å². The van der Waals surface area contributed by atoms with Gasteiger partial charge in [0.2, 0.25) is 0 Å². The summed E-state index contributed by atoms with van der Waals surface area (Å²) in [5.41, 5.74) is 0. The lowest BCUT2D eigenvalue weighted by atomic mass is 10.0. The second kappa shape index (κ2) is 62.4. The minimum Gasteiger partial charge on any atom is -0.462 e. The third-order valence-electron chi connectivity index (χ3n) is 15.0. The molecule has 430 valence electrons. The summed E-state index contributed by atoms with van der Waals surface area (Å²) in [6.07, 6.45) is 74.9.